The van der Waals surface area contributed by atoms with Crippen LogP contribution >= 0.6 is 11.5 Å². The number of rotatable bonds is 7. The zero-order chi connectivity index (χ0) is 31.9. The molecule has 0 unspecified atom stereocenters. The van der Waals surface area contributed by atoms with Crippen LogP contribution in [-0.2, 0) is 17.5 Å². The molecule has 0 aliphatic carbocycles. The summed E-state index contributed by atoms with van der Waals surface area (Å²) in [5, 5.41) is 9.20. The number of hydrogen-bond acceptors (Lipinski definition) is 5. The number of fused-ring (bicyclic) bond motifs is 1. The van der Waals surface area contributed by atoms with Crippen LogP contribution in [-0.4, -0.2) is 38.1 Å². The van der Waals surface area contributed by atoms with Crippen molar-refractivity contribution in [3.05, 3.63) is 134 Å². The lowest BCUT2D eigenvalue weighted by Crippen LogP contribution is -2.55. The number of hydrogen-bond donors (Lipinski definition) is 1. The number of halogens is 4. The van der Waals surface area contributed by atoms with Crippen LogP contribution < -0.4 is 15.8 Å². The minimum atomic E-state index is -4.68. The fraction of sp³-hybridized carbons (Fsp3) is 0.188. The molecule has 6 rings (SSSR count). The van der Waals surface area contributed by atoms with E-state index in [1.165, 1.54) is 56.8 Å². The minimum Gasteiger partial charge on any atom is -0.339 e. The van der Waals surface area contributed by atoms with Crippen molar-refractivity contribution in [3.8, 4) is 5.69 Å². The van der Waals surface area contributed by atoms with Gasteiger partial charge in [0.25, 0.3) is 17.4 Å². The number of para-hydroxylation sites is 1. The van der Waals surface area contributed by atoms with Gasteiger partial charge in [0.15, 0.2) is 0 Å². The van der Waals surface area contributed by atoms with Crippen LogP contribution in [0.2, 0.25) is 0 Å². The molecule has 230 valence electrons. The Morgan fingerprint density at radius 3 is 2.36 bits per heavy atom. The highest BCUT2D eigenvalue weighted by Gasteiger charge is 2.46. The maximum Gasteiger partial charge on any atom is 0.416 e. The summed E-state index contributed by atoms with van der Waals surface area (Å²) in [6.07, 6.45) is -4.68. The summed E-state index contributed by atoms with van der Waals surface area (Å²) in [5.41, 5.74) is 0.492. The van der Waals surface area contributed by atoms with Gasteiger partial charge in [0, 0.05) is 35.0 Å². The summed E-state index contributed by atoms with van der Waals surface area (Å²) < 4.78 is 57.5. The lowest BCUT2D eigenvalue weighted by atomic mass is 9.80. The molecule has 0 saturated carbocycles. The predicted molar refractivity (Wildman–Crippen MR) is 160 cm³/mol. The molecule has 0 bridgehead atoms. The summed E-state index contributed by atoms with van der Waals surface area (Å²) >= 11 is 1.18. The Hall–Kier alpha value is -5.04. The van der Waals surface area contributed by atoms with Gasteiger partial charge in [-0.1, -0.05) is 47.9 Å². The van der Waals surface area contributed by atoms with Crippen LogP contribution in [0.25, 0.3) is 5.69 Å². The third kappa shape index (κ3) is 5.66. The molecule has 2 aromatic heterocycles. The average Bonchev–Trinajstić information content (AvgIpc) is 3.61. The fourth-order valence-corrected chi connectivity index (χ4v) is 6.27. The first kappa shape index (κ1) is 30.0. The molecule has 13 heteroatoms. The molecule has 1 aliphatic rings. The molecule has 0 saturated heterocycles. The van der Waals surface area contributed by atoms with E-state index in [0.29, 0.717) is 28.3 Å². The predicted octanol–water partition coefficient (Wildman–Crippen LogP) is 5.60. The van der Waals surface area contributed by atoms with Gasteiger partial charge in [-0.25, -0.2) is 9.07 Å². The fourth-order valence-electron chi connectivity index (χ4n) is 5.58. The number of alkyl halides is 3. The quantitative estimate of drug-likeness (QED) is 0.236. The van der Waals surface area contributed by atoms with Crippen LogP contribution in [0.1, 0.15) is 45.6 Å². The Kier molecular flexibility index (Phi) is 7.87. The van der Waals surface area contributed by atoms with Crippen molar-refractivity contribution in [1.29, 1.82) is 0 Å². The van der Waals surface area contributed by atoms with Gasteiger partial charge < -0.3 is 5.32 Å². The maximum atomic E-state index is 14.3. The molecular weight excluding hydrogens is 610 g/mol. The Morgan fingerprint density at radius 1 is 0.978 bits per heavy atom. The molecule has 8 nitrogen and oxygen atoms in total. The summed E-state index contributed by atoms with van der Waals surface area (Å²) in [6.45, 7) is 1.95. The SMILES string of the molecule is CCN1C(=O)[C@@H](NC(=O)c2cccc(C(F)(F)F)c2)[C@@H](c2ccc(F)cc2)c2c(Cn3sccc3=O)nn(-c3ccccc3)c21. The number of likely N-dealkylation sites (N-methyl/N-ethyl adjacent to an activating group) is 1. The van der Waals surface area contributed by atoms with Gasteiger partial charge in [-0.15, -0.1) is 0 Å². The zero-order valence-corrected chi connectivity index (χ0v) is 24.5. The van der Waals surface area contributed by atoms with E-state index in [2.05, 4.69) is 5.32 Å². The third-order valence-electron chi connectivity index (χ3n) is 7.63. The summed E-state index contributed by atoms with van der Waals surface area (Å²) in [7, 11) is 0. The van der Waals surface area contributed by atoms with Gasteiger partial charge in [-0.2, -0.15) is 18.3 Å². The maximum absolute atomic E-state index is 14.3. The molecule has 0 fully saturated rings. The summed E-state index contributed by atoms with van der Waals surface area (Å²) in [5.74, 6) is -2.47. The lowest BCUT2D eigenvalue weighted by molar-refractivity contribution is -0.137. The highest BCUT2D eigenvalue weighted by molar-refractivity contribution is 7.04. The van der Waals surface area contributed by atoms with Crippen LogP contribution in [0.4, 0.5) is 23.4 Å². The van der Waals surface area contributed by atoms with Gasteiger partial charge in [-0.05, 0) is 55.0 Å². The number of benzene rings is 3. The van der Waals surface area contributed by atoms with E-state index in [0.717, 1.165) is 18.2 Å². The molecule has 0 radical (unpaired) electrons. The van der Waals surface area contributed by atoms with E-state index in [1.807, 2.05) is 18.2 Å². The van der Waals surface area contributed by atoms with Gasteiger partial charge in [0.2, 0.25) is 0 Å². The topological polar surface area (TPSA) is 89.2 Å². The van der Waals surface area contributed by atoms with Crippen LogP contribution in [0, 0.1) is 5.82 Å². The Labute approximate surface area is 258 Å². The first-order chi connectivity index (χ1) is 21.6. The van der Waals surface area contributed by atoms with E-state index >= 15 is 0 Å². The largest absolute Gasteiger partial charge is 0.416 e. The first-order valence-electron chi connectivity index (χ1n) is 13.9. The number of aromatic nitrogens is 3. The molecule has 0 spiro atoms. The van der Waals surface area contributed by atoms with Crippen LogP contribution in [0.3, 0.4) is 0 Å². The molecule has 3 heterocycles. The molecular formula is C32H25F4N5O3S. The molecule has 2 amide bonds. The molecule has 2 atom stereocenters. The molecule has 45 heavy (non-hydrogen) atoms. The standard InChI is InChI=1S/C32H25F4N5O3S/c1-2-39-30-27(24(18-40-25(42)15-16-45-40)38-41(30)23-9-4-3-5-10-23)26(19-11-13-22(33)14-12-19)28(31(39)44)37-29(43)20-7-6-8-21(17-20)32(34,35)36/h3-17,26,28H,2,18H2,1H3,(H,37,43)/t26-,28-/m0/s1. The highest BCUT2D eigenvalue weighted by atomic mass is 32.1. The first-order valence-corrected chi connectivity index (χ1v) is 14.8. The second-order valence-corrected chi connectivity index (χ2v) is 11.3. The van der Waals surface area contributed by atoms with Gasteiger partial charge >= 0.3 is 6.18 Å². The summed E-state index contributed by atoms with van der Waals surface area (Å²) in [6, 6.07) is 18.5. The minimum absolute atomic E-state index is 0.0381. The van der Waals surface area contributed by atoms with Crippen molar-refractivity contribution < 1.29 is 27.2 Å². The highest BCUT2D eigenvalue weighted by Crippen LogP contribution is 2.44. The van der Waals surface area contributed by atoms with Crippen molar-refractivity contribution in [3.63, 3.8) is 0 Å². The van der Waals surface area contributed by atoms with Crippen LogP contribution in [0.15, 0.2) is 95.1 Å². The smallest absolute Gasteiger partial charge is 0.339 e. The summed E-state index contributed by atoms with van der Waals surface area (Å²) in [4.78, 5) is 41.8. The van der Waals surface area contributed by atoms with Gasteiger partial charge in [-0.3, -0.25) is 23.2 Å². The van der Waals surface area contributed by atoms with Crippen molar-refractivity contribution >= 4 is 29.2 Å². The monoisotopic (exact) mass is 635 g/mol. The molecule has 5 aromatic rings. The number of amides is 2. The second kappa shape index (κ2) is 11.8. The van der Waals surface area contributed by atoms with Crippen molar-refractivity contribution in [1.82, 2.24) is 19.1 Å². The second-order valence-electron chi connectivity index (χ2n) is 10.4. The average molecular weight is 636 g/mol. The van der Waals surface area contributed by atoms with E-state index in [1.54, 1.807) is 29.1 Å². The van der Waals surface area contributed by atoms with Crippen LogP contribution in [0.5, 0.6) is 0 Å². The number of carbonyl (C=O) groups is 2. The molecule has 1 aliphatic heterocycles. The third-order valence-corrected chi connectivity index (χ3v) is 8.45. The lowest BCUT2D eigenvalue weighted by Gasteiger charge is -2.38. The normalized spacial score (nSPS) is 16.5. The van der Waals surface area contributed by atoms with E-state index in [4.69, 9.17) is 5.10 Å². The van der Waals surface area contributed by atoms with E-state index < -0.39 is 41.3 Å². The van der Waals surface area contributed by atoms with Crippen molar-refractivity contribution in [2.45, 2.75) is 31.6 Å². The van der Waals surface area contributed by atoms with E-state index in [-0.39, 0.29) is 24.2 Å². The van der Waals surface area contributed by atoms with E-state index in [9.17, 15) is 31.9 Å². The number of carbonyl (C=O) groups excluding carboxylic acids is 2. The van der Waals surface area contributed by atoms with Crippen molar-refractivity contribution in [2.75, 3.05) is 11.4 Å². The molecule has 3 aromatic carbocycles. The Balaban J connectivity index is 1.55. The zero-order valence-electron chi connectivity index (χ0n) is 23.7. The van der Waals surface area contributed by atoms with Gasteiger partial charge in [0.1, 0.15) is 17.7 Å². The van der Waals surface area contributed by atoms with Crippen molar-refractivity contribution in [2.24, 2.45) is 0 Å². The van der Waals surface area contributed by atoms with Gasteiger partial charge in [0.05, 0.1) is 23.5 Å². The number of nitrogens with zero attached hydrogens (tertiary/aromatic N) is 4. The molecule has 1 N–H and O–H groups in total. The number of anilines is 1. The number of nitrogens with one attached hydrogen (secondary N) is 1. The Morgan fingerprint density at radius 2 is 1.71 bits per heavy atom. The Bertz CT molecular complexity index is 1930.